The highest BCUT2D eigenvalue weighted by molar-refractivity contribution is 5.79. The normalized spacial score (nSPS) is 17.1. The number of aliphatic carboxylic acids is 1. The van der Waals surface area contributed by atoms with Crippen LogP contribution in [0.15, 0.2) is 12.3 Å². The molecule has 0 atom stereocenters. The second kappa shape index (κ2) is 4.56. The first-order chi connectivity index (χ1) is 9.50. The van der Waals surface area contributed by atoms with Crippen molar-refractivity contribution in [1.82, 2.24) is 19.7 Å². The standard InChI is InChI=1S/C14H18N4O2/c1-9-6-10(2)18-8-11(17-13(18)16-9)7-15-14(12(19)20)4-3-5-14/h6,8,15H,3-5,7H2,1-2H3,(H,19,20). The molecule has 1 fully saturated rings. The highest BCUT2D eigenvalue weighted by atomic mass is 16.4. The van der Waals surface area contributed by atoms with Crippen LogP contribution in [0.1, 0.15) is 36.3 Å². The summed E-state index contributed by atoms with van der Waals surface area (Å²) in [7, 11) is 0. The fraction of sp³-hybridized carbons (Fsp3) is 0.500. The maximum absolute atomic E-state index is 11.3. The summed E-state index contributed by atoms with van der Waals surface area (Å²) in [5, 5.41) is 12.4. The number of carboxylic acid groups (broad SMARTS) is 1. The summed E-state index contributed by atoms with van der Waals surface area (Å²) in [5.74, 6) is -0.102. The van der Waals surface area contributed by atoms with Gasteiger partial charge in [0, 0.05) is 24.1 Å². The third-order valence-corrected chi connectivity index (χ3v) is 4.04. The molecule has 2 N–H and O–H groups in total. The molecule has 106 valence electrons. The van der Waals surface area contributed by atoms with E-state index in [2.05, 4.69) is 15.3 Å². The Morgan fingerprint density at radius 2 is 2.20 bits per heavy atom. The summed E-state index contributed by atoms with van der Waals surface area (Å²) < 4.78 is 1.93. The van der Waals surface area contributed by atoms with Crippen LogP contribution >= 0.6 is 0 Å². The van der Waals surface area contributed by atoms with Crippen molar-refractivity contribution < 1.29 is 9.90 Å². The molecule has 6 nitrogen and oxygen atoms in total. The Kier molecular flexibility index (Phi) is 2.97. The van der Waals surface area contributed by atoms with Crippen LogP contribution in [0.4, 0.5) is 0 Å². The number of nitrogens with one attached hydrogen (secondary N) is 1. The number of imidazole rings is 1. The van der Waals surface area contributed by atoms with Crippen LogP contribution in [-0.2, 0) is 11.3 Å². The number of hydrogen-bond acceptors (Lipinski definition) is 4. The zero-order chi connectivity index (χ0) is 14.3. The molecule has 2 heterocycles. The molecule has 0 saturated heterocycles. The Balaban J connectivity index is 1.81. The summed E-state index contributed by atoms with van der Waals surface area (Å²) in [5.41, 5.74) is 2.07. The molecule has 20 heavy (non-hydrogen) atoms. The highest BCUT2D eigenvalue weighted by Crippen LogP contribution is 2.32. The molecule has 0 bridgehead atoms. The maximum atomic E-state index is 11.3. The van der Waals surface area contributed by atoms with Crippen LogP contribution in [0.2, 0.25) is 0 Å². The van der Waals surface area contributed by atoms with E-state index in [4.69, 9.17) is 0 Å². The van der Waals surface area contributed by atoms with Crippen molar-refractivity contribution in [2.75, 3.05) is 0 Å². The van der Waals surface area contributed by atoms with Gasteiger partial charge in [0.2, 0.25) is 5.78 Å². The first-order valence-electron chi connectivity index (χ1n) is 6.81. The lowest BCUT2D eigenvalue weighted by atomic mass is 9.77. The second-order valence-corrected chi connectivity index (χ2v) is 5.54. The predicted molar refractivity (Wildman–Crippen MR) is 73.5 cm³/mol. The zero-order valence-electron chi connectivity index (χ0n) is 11.7. The van der Waals surface area contributed by atoms with Crippen molar-refractivity contribution in [2.45, 2.75) is 45.2 Å². The average Bonchev–Trinajstić information content (AvgIpc) is 2.70. The van der Waals surface area contributed by atoms with Gasteiger partial charge in [-0.25, -0.2) is 9.97 Å². The Labute approximate surface area is 116 Å². The van der Waals surface area contributed by atoms with E-state index >= 15 is 0 Å². The number of nitrogens with zero attached hydrogens (tertiary/aromatic N) is 3. The van der Waals surface area contributed by atoms with Gasteiger partial charge in [0.1, 0.15) is 5.54 Å². The molecular formula is C14H18N4O2. The first-order valence-corrected chi connectivity index (χ1v) is 6.81. The number of aryl methyl sites for hydroxylation is 2. The summed E-state index contributed by atoms with van der Waals surface area (Å²) in [6, 6.07) is 2.00. The Hall–Kier alpha value is -1.95. The van der Waals surface area contributed by atoms with Gasteiger partial charge in [-0.1, -0.05) is 0 Å². The van der Waals surface area contributed by atoms with Gasteiger partial charge in [-0.15, -0.1) is 0 Å². The third-order valence-electron chi connectivity index (χ3n) is 4.04. The van der Waals surface area contributed by atoms with Crippen molar-refractivity contribution in [2.24, 2.45) is 0 Å². The van der Waals surface area contributed by atoms with Gasteiger partial charge in [0.15, 0.2) is 0 Å². The number of hydrogen-bond donors (Lipinski definition) is 2. The van der Waals surface area contributed by atoms with Gasteiger partial charge in [-0.3, -0.25) is 14.5 Å². The largest absolute Gasteiger partial charge is 0.480 e. The fourth-order valence-electron chi connectivity index (χ4n) is 2.66. The Bertz CT molecular complexity index is 673. The molecule has 3 rings (SSSR count). The quantitative estimate of drug-likeness (QED) is 0.882. The van der Waals surface area contributed by atoms with E-state index in [0.717, 1.165) is 23.5 Å². The van der Waals surface area contributed by atoms with Crippen molar-refractivity contribution >= 4 is 11.7 Å². The minimum Gasteiger partial charge on any atom is -0.480 e. The van der Waals surface area contributed by atoms with Gasteiger partial charge in [-0.2, -0.15) is 0 Å². The number of rotatable bonds is 4. The third kappa shape index (κ3) is 2.06. The monoisotopic (exact) mass is 274 g/mol. The topological polar surface area (TPSA) is 79.5 Å². The number of carbonyl (C=O) groups is 1. The summed E-state index contributed by atoms with van der Waals surface area (Å²) >= 11 is 0. The molecule has 0 radical (unpaired) electrons. The van der Waals surface area contributed by atoms with E-state index in [1.165, 1.54) is 0 Å². The average molecular weight is 274 g/mol. The van der Waals surface area contributed by atoms with E-state index in [0.29, 0.717) is 25.2 Å². The molecule has 1 aliphatic carbocycles. The van der Waals surface area contributed by atoms with Crippen molar-refractivity contribution in [3.8, 4) is 0 Å². The summed E-state index contributed by atoms with van der Waals surface area (Å²) in [6.07, 6.45) is 4.25. The fourth-order valence-corrected chi connectivity index (χ4v) is 2.66. The van der Waals surface area contributed by atoms with Gasteiger partial charge < -0.3 is 5.11 Å². The predicted octanol–water partition coefficient (Wildman–Crippen LogP) is 1.44. The van der Waals surface area contributed by atoms with Crippen molar-refractivity contribution in [3.05, 3.63) is 29.3 Å². The molecule has 0 amide bonds. The van der Waals surface area contributed by atoms with E-state index in [1.807, 2.05) is 30.5 Å². The Morgan fingerprint density at radius 1 is 1.45 bits per heavy atom. The number of aromatic nitrogens is 3. The van der Waals surface area contributed by atoms with E-state index in [9.17, 15) is 9.90 Å². The highest BCUT2D eigenvalue weighted by Gasteiger charge is 2.43. The van der Waals surface area contributed by atoms with Crippen LogP contribution in [0.5, 0.6) is 0 Å². The Morgan fingerprint density at radius 3 is 2.80 bits per heavy atom. The van der Waals surface area contributed by atoms with E-state index in [-0.39, 0.29) is 0 Å². The van der Waals surface area contributed by atoms with Gasteiger partial charge in [0.25, 0.3) is 0 Å². The lowest BCUT2D eigenvalue weighted by Crippen LogP contribution is -2.56. The number of carboxylic acids is 1. The molecule has 1 saturated carbocycles. The molecule has 2 aromatic heterocycles. The molecule has 0 aromatic carbocycles. The SMILES string of the molecule is Cc1cc(C)n2cc(CNC3(C(=O)O)CCC3)nc2n1. The zero-order valence-corrected chi connectivity index (χ0v) is 11.7. The molecule has 1 aliphatic rings. The molecule has 0 unspecified atom stereocenters. The van der Waals surface area contributed by atoms with Gasteiger partial charge in [0.05, 0.1) is 5.69 Å². The van der Waals surface area contributed by atoms with Crippen LogP contribution in [-0.4, -0.2) is 31.0 Å². The lowest BCUT2D eigenvalue weighted by molar-refractivity contribution is -0.148. The van der Waals surface area contributed by atoms with Crippen LogP contribution in [0.3, 0.4) is 0 Å². The van der Waals surface area contributed by atoms with Crippen LogP contribution in [0.25, 0.3) is 5.78 Å². The summed E-state index contributed by atoms with van der Waals surface area (Å²) in [6.45, 7) is 4.40. The summed E-state index contributed by atoms with van der Waals surface area (Å²) in [4.78, 5) is 20.1. The van der Waals surface area contributed by atoms with Crippen molar-refractivity contribution in [3.63, 3.8) is 0 Å². The molecule has 0 spiro atoms. The molecule has 2 aromatic rings. The molecule has 0 aliphatic heterocycles. The number of fused-ring (bicyclic) bond motifs is 1. The smallest absolute Gasteiger partial charge is 0.323 e. The minimum atomic E-state index is -0.766. The van der Waals surface area contributed by atoms with E-state index < -0.39 is 11.5 Å². The van der Waals surface area contributed by atoms with Crippen molar-refractivity contribution in [1.29, 1.82) is 0 Å². The van der Waals surface area contributed by atoms with Crippen LogP contribution < -0.4 is 5.32 Å². The van der Waals surface area contributed by atoms with Crippen LogP contribution in [0, 0.1) is 13.8 Å². The minimum absolute atomic E-state index is 0.453. The first kappa shape index (κ1) is 13.1. The lowest BCUT2D eigenvalue weighted by Gasteiger charge is -2.38. The maximum Gasteiger partial charge on any atom is 0.323 e. The molecule has 6 heteroatoms. The molecular weight excluding hydrogens is 256 g/mol. The van der Waals surface area contributed by atoms with Gasteiger partial charge >= 0.3 is 5.97 Å². The second-order valence-electron chi connectivity index (χ2n) is 5.54. The van der Waals surface area contributed by atoms with Gasteiger partial charge in [-0.05, 0) is 39.2 Å². The van der Waals surface area contributed by atoms with E-state index in [1.54, 1.807) is 0 Å².